The van der Waals surface area contributed by atoms with Crippen LogP contribution in [0.2, 0.25) is 4.47 Å². The molecular formula is C10H11ClN4O2S2. The number of hydrogen-bond acceptors (Lipinski definition) is 6. The molecule has 0 aliphatic carbocycles. The summed E-state index contributed by atoms with van der Waals surface area (Å²) in [6.45, 7) is 0. The van der Waals surface area contributed by atoms with Crippen molar-refractivity contribution in [3.05, 3.63) is 29.0 Å². The summed E-state index contributed by atoms with van der Waals surface area (Å²) in [4.78, 5) is 9.65. The molecule has 2 rings (SSSR count). The molecule has 0 aliphatic rings. The van der Waals surface area contributed by atoms with Crippen LogP contribution in [0.4, 0.5) is 11.5 Å². The Morgan fingerprint density at radius 1 is 1.26 bits per heavy atom. The van der Waals surface area contributed by atoms with Crippen molar-refractivity contribution >= 4 is 44.5 Å². The second-order valence-electron chi connectivity index (χ2n) is 3.84. The highest BCUT2D eigenvalue weighted by Gasteiger charge is 2.17. The summed E-state index contributed by atoms with van der Waals surface area (Å²) in [5.41, 5.74) is 0.384. The van der Waals surface area contributed by atoms with Gasteiger partial charge in [-0.05, 0) is 12.1 Å². The van der Waals surface area contributed by atoms with E-state index in [4.69, 9.17) is 11.6 Å². The maximum absolute atomic E-state index is 12.0. The van der Waals surface area contributed by atoms with Crippen molar-refractivity contribution in [1.82, 2.24) is 9.97 Å². The number of halogens is 1. The van der Waals surface area contributed by atoms with E-state index in [1.54, 1.807) is 12.1 Å². The van der Waals surface area contributed by atoms with E-state index in [-0.39, 0.29) is 8.68 Å². The van der Waals surface area contributed by atoms with E-state index >= 15 is 0 Å². The van der Waals surface area contributed by atoms with Gasteiger partial charge in [-0.25, -0.2) is 18.4 Å². The number of nitrogens with one attached hydrogen (secondary N) is 1. The summed E-state index contributed by atoms with van der Waals surface area (Å²) < 4.78 is 26.7. The maximum atomic E-state index is 12.0. The molecule has 9 heteroatoms. The average molecular weight is 319 g/mol. The van der Waals surface area contributed by atoms with Crippen molar-refractivity contribution in [1.29, 1.82) is 0 Å². The normalized spacial score (nSPS) is 11.3. The zero-order valence-corrected chi connectivity index (χ0v) is 12.6. The van der Waals surface area contributed by atoms with Gasteiger partial charge < -0.3 is 4.90 Å². The Morgan fingerprint density at radius 2 is 2.00 bits per heavy atom. The SMILES string of the molecule is CN(C)c1ccc(NS(=O)(=O)c2cnc(Cl)s2)cn1. The molecule has 0 radical (unpaired) electrons. The highest BCUT2D eigenvalue weighted by Crippen LogP contribution is 2.24. The van der Waals surface area contributed by atoms with Gasteiger partial charge in [0.1, 0.15) is 5.82 Å². The van der Waals surface area contributed by atoms with Crippen molar-refractivity contribution in [3.63, 3.8) is 0 Å². The first-order valence-electron chi connectivity index (χ1n) is 5.16. The fraction of sp³-hybridized carbons (Fsp3) is 0.200. The van der Waals surface area contributed by atoms with E-state index in [1.165, 1.54) is 12.4 Å². The monoisotopic (exact) mass is 318 g/mol. The molecule has 2 aromatic rings. The standard InChI is InChI=1S/C10H11ClN4O2S2/c1-15(2)8-4-3-7(5-12-8)14-19(16,17)9-6-13-10(11)18-9/h3-6,14H,1-2H3. The molecule has 0 aromatic carbocycles. The Hall–Kier alpha value is -1.38. The predicted molar refractivity (Wildman–Crippen MR) is 76.5 cm³/mol. The third-order valence-corrected chi connectivity index (χ3v) is 5.14. The first kappa shape index (κ1) is 14.0. The highest BCUT2D eigenvalue weighted by atomic mass is 35.5. The zero-order chi connectivity index (χ0) is 14.0. The fourth-order valence-electron chi connectivity index (χ4n) is 1.28. The molecule has 102 valence electrons. The Labute approximate surface area is 120 Å². The van der Waals surface area contributed by atoms with Gasteiger partial charge in [0.05, 0.1) is 18.1 Å². The van der Waals surface area contributed by atoms with Gasteiger partial charge in [-0.1, -0.05) is 22.9 Å². The van der Waals surface area contributed by atoms with Crippen LogP contribution in [0.15, 0.2) is 28.7 Å². The van der Waals surface area contributed by atoms with E-state index in [2.05, 4.69) is 14.7 Å². The van der Waals surface area contributed by atoms with Crippen LogP contribution < -0.4 is 9.62 Å². The quantitative estimate of drug-likeness (QED) is 0.934. The summed E-state index contributed by atoms with van der Waals surface area (Å²) >= 11 is 6.52. The molecular weight excluding hydrogens is 308 g/mol. The molecule has 2 heterocycles. The summed E-state index contributed by atoms with van der Waals surface area (Å²) in [6.07, 6.45) is 2.67. The number of anilines is 2. The summed E-state index contributed by atoms with van der Waals surface area (Å²) in [5.74, 6) is 0.740. The summed E-state index contributed by atoms with van der Waals surface area (Å²) in [6, 6.07) is 3.36. The lowest BCUT2D eigenvalue weighted by atomic mass is 10.4. The van der Waals surface area contributed by atoms with Crippen LogP contribution in [0.5, 0.6) is 0 Å². The van der Waals surface area contributed by atoms with Crippen LogP contribution in [-0.4, -0.2) is 32.5 Å². The van der Waals surface area contributed by atoms with Gasteiger partial charge in [0, 0.05) is 14.1 Å². The molecule has 0 amide bonds. The minimum Gasteiger partial charge on any atom is -0.363 e. The van der Waals surface area contributed by atoms with Crippen LogP contribution in [0.3, 0.4) is 0 Å². The molecule has 0 saturated carbocycles. The lowest BCUT2D eigenvalue weighted by Crippen LogP contribution is -2.13. The Bertz CT molecular complexity index is 667. The van der Waals surface area contributed by atoms with Crippen molar-refractivity contribution in [2.75, 3.05) is 23.7 Å². The molecule has 0 atom stereocenters. The first-order chi connectivity index (χ1) is 8.88. The highest BCUT2D eigenvalue weighted by molar-refractivity contribution is 7.94. The van der Waals surface area contributed by atoms with E-state index in [1.807, 2.05) is 19.0 Å². The molecule has 6 nitrogen and oxygen atoms in total. The lowest BCUT2D eigenvalue weighted by Gasteiger charge is -2.11. The molecule has 1 N–H and O–H groups in total. The van der Waals surface area contributed by atoms with E-state index in [0.717, 1.165) is 17.2 Å². The lowest BCUT2D eigenvalue weighted by molar-refractivity contribution is 0.603. The van der Waals surface area contributed by atoms with Crippen LogP contribution in [-0.2, 0) is 10.0 Å². The molecule has 0 fully saturated rings. The van der Waals surface area contributed by atoms with Crippen molar-refractivity contribution < 1.29 is 8.42 Å². The van der Waals surface area contributed by atoms with Crippen molar-refractivity contribution in [2.24, 2.45) is 0 Å². The van der Waals surface area contributed by atoms with E-state index in [0.29, 0.717) is 5.69 Å². The minimum atomic E-state index is -3.66. The molecule has 0 bridgehead atoms. The number of rotatable bonds is 4. The van der Waals surface area contributed by atoms with Crippen LogP contribution in [0.25, 0.3) is 0 Å². The predicted octanol–water partition coefficient (Wildman–Crippen LogP) is 2.06. The van der Waals surface area contributed by atoms with Gasteiger partial charge in [0.25, 0.3) is 10.0 Å². The molecule has 2 aromatic heterocycles. The number of thiazole rings is 1. The van der Waals surface area contributed by atoms with Crippen LogP contribution in [0, 0.1) is 0 Å². The smallest absolute Gasteiger partial charge is 0.273 e. The second-order valence-corrected chi connectivity index (χ2v) is 7.36. The molecule has 0 unspecified atom stereocenters. The maximum Gasteiger partial charge on any atom is 0.273 e. The summed E-state index contributed by atoms with van der Waals surface area (Å²) in [7, 11) is 0.0477. The van der Waals surface area contributed by atoms with E-state index < -0.39 is 10.0 Å². The number of nitrogens with zero attached hydrogens (tertiary/aromatic N) is 3. The number of pyridine rings is 1. The third kappa shape index (κ3) is 3.34. The van der Waals surface area contributed by atoms with Crippen LogP contribution in [0.1, 0.15) is 0 Å². The zero-order valence-electron chi connectivity index (χ0n) is 10.2. The van der Waals surface area contributed by atoms with Gasteiger partial charge in [-0.15, -0.1) is 0 Å². The van der Waals surface area contributed by atoms with Crippen molar-refractivity contribution in [2.45, 2.75) is 4.21 Å². The molecule has 19 heavy (non-hydrogen) atoms. The van der Waals surface area contributed by atoms with Gasteiger partial charge in [-0.2, -0.15) is 0 Å². The van der Waals surface area contributed by atoms with Gasteiger partial charge in [0.2, 0.25) is 0 Å². The fourth-order valence-corrected chi connectivity index (χ4v) is 3.62. The van der Waals surface area contributed by atoms with E-state index in [9.17, 15) is 8.42 Å². The molecule has 0 spiro atoms. The number of sulfonamides is 1. The second kappa shape index (κ2) is 5.32. The van der Waals surface area contributed by atoms with Crippen LogP contribution >= 0.6 is 22.9 Å². The topological polar surface area (TPSA) is 75.2 Å². The Balaban J connectivity index is 2.21. The average Bonchev–Trinajstić information content (AvgIpc) is 2.77. The third-order valence-electron chi connectivity index (χ3n) is 2.18. The number of hydrogen-bond donors (Lipinski definition) is 1. The molecule has 0 aliphatic heterocycles. The largest absolute Gasteiger partial charge is 0.363 e. The Kier molecular flexibility index (Phi) is 3.93. The molecule has 0 saturated heterocycles. The van der Waals surface area contributed by atoms with Crippen molar-refractivity contribution in [3.8, 4) is 0 Å². The summed E-state index contributed by atoms with van der Waals surface area (Å²) in [5, 5.41) is 0. The van der Waals surface area contributed by atoms with Gasteiger partial charge in [-0.3, -0.25) is 4.72 Å². The Morgan fingerprint density at radius 3 is 2.47 bits per heavy atom. The number of aromatic nitrogens is 2. The van der Waals surface area contributed by atoms with Gasteiger partial charge in [0.15, 0.2) is 8.68 Å². The minimum absolute atomic E-state index is 0.0641. The van der Waals surface area contributed by atoms with Gasteiger partial charge >= 0.3 is 0 Å². The first-order valence-corrected chi connectivity index (χ1v) is 7.84.